The molecule has 0 heterocycles. The number of phosphoric ester groups is 2. The van der Waals surface area contributed by atoms with Gasteiger partial charge in [0.05, 0.1) is 26.4 Å². The van der Waals surface area contributed by atoms with Crippen LogP contribution in [0.15, 0.2) is 182 Å². The molecular formula is C89H144O17P2. The molecule has 0 rings (SSSR count). The number of carbonyl (C=O) groups is 4. The second kappa shape index (κ2) is 79.3. The molecule has 0 saturated carbocycles. The lowest BCUT2D eigenvalue weighted by Crippen LogP contribution is -2.30. The number of ether oxygens (including phenoxy) is 4. The Labute approximate surface area is 654 Å². The molecule has 0 spiro atoms. The molecule has 0 aliphatic rings. The Morgan fingerprint density at radius 2 is 0.454 bits per heavy atom. The second-order valence-electron chi connectivity index (χ2n) is 26.5. The van der Waals surface area contributed by atoms with Gasteiger partial charge in [-0.25, -0.2) is 9.13 Å². The maximum Gasteiger partial charge on any atom is 0.472 e. The van der Waals surface area contributed by atoms with Crippen molar-refractivity contribution in [3.05, 3.63) is 182 Å². The van der Waals surface area contributed by atoms with E-state index >= 15 is 0 Å². The average molecular weight is 1550 g/mol. The topological polar surface area (TPSA) is 237 Å². The van der Waals surface area contributed by atoms with E-state index in [0.29, 0.717) is 25.7 Å². The highest BCUT2D eigenvalue weighted by molar-refractivity contribution is 7.47. The Morgan fingerprint density at radius 3 is 0.704 bits per heavy atom. The summed E-state index contributed by atoms with van der Waals surface area (Å²) in [6, 6.07) is 0. The fraction of sp³-hybridized carbons (Fsp3) is 0.618. The first-order valence-corrected chi connectivity index (χ1v) is 44.0. The van der Waals surface area contributed by atoms with E-state index < -0.39 is 97.5 Å². The van der Waals surface area contributed by atoms with Crippen LogP contribution in [0, 0.1) is 0 Å². The average Bonchev–Trinajstić information content (AvgIpc) is 0.906. The van der Waals surface area contributed by atoms with Gasteiger partial charge in [-0.3, -0.25) is 37.3 Å². The summed E-state index contributed by atoms with van der Waals surface area (Å²) < 4.78 is 68.7. The molecule has 19 heteroatoms. The number of carbonyl (C=O) groups excluding carboxylic acids is 4. The third-order valence-electron chi connectivity index (χ3n) is 16.4. The molecule has 5 unspecified atom stereocenters. The van der Waals surface area contributed by atoms with Crippen LogP contribution in [0.5, 0.6) is 0 Å². The Kier molecular flexibility index (Phi) is 75.0. The molecule has 612 valence electrons. The van der Waals surface area contributed by atoms with Crippen LogP contribution in [0.1, 0.15) is 297 Å². The Bertz CT molecular complexity index is 2760. The van der Waals surface area contributed by atoms with Crippen LogP contribution in [-0.2, 0) is 65.4 Å². The van der Waals surface area contributed by atoms with E-state index in [1.807, 2.05) is 0 Å². The van der Waals surface area contributed by atoms with E-state index in [1.165, 1.54) is 0 Å². The molecule has 0 aromatic rings. The Balaban J connectivity index is 5.47. The highest BCUT2D eigenvalue weighted by atomic mass is 31.2. The molecule has 3 N–H and O–H groups in total. The molecule has 0 amide bonds. The summed E-state index contributed by atoms with van der Waals surface area (Å²) in [7, 11) is -10.0. The smallest absolute Gasteiger partial charge is 0.462 e. The lowest BCUT2D eigenvalue weighted by atomic mass is 10.1. The third kappa shape index (κ3) is 78.3. The van der Waals surface area contributed by atoms with Crippen LogP contribution < -0.4 is 0 Å². The lowest BCUT2D eigenvalue weighted by molar-refractivity contribution is -0.161. The van der Waals surface area contributed by atoms with Gasteiger partial charge in [0.25, 0.3) is 0 Å². The van der Waals surface area contributed by atoms with Crippen LogP contribution in [0.3, 0.4) is 0 Å². The number of aliphatic hydroxyl groups is 1. The zero-order valence-corrected chi connectivity index (χ0v) is 68.7. The van der Waals surface area contributed by atoms with Crippen molar-refractivity contribution in [3.63, 3.8) is 0 Å². The monoisotopic (exact) mass is 1550 g/mol. The van der Waals surface area contributed by atoms with Gasteiger partial charge in [0.15, 0.2) is 12.2 Å². The highest BCUT2D eigenvalue weighted by Crippen LogP contribution is 2.45. The van der Waals surface area contributed by atoms with Crippen LogP contribution in [-0.4, -0.2) is 96.7 Å². The van der Waals surface area contributed by atoms with Crippen molar-refractivity contribution in [1.82, 2.24) is 0 Å². The van der Waals surface area contributed by atoms with Crippen molar-refractivity contribution in [2.45, 2.75) is 316 Å². The molecule has 108 heavy (non-hydrogen) atoms. The van der Waals surface area contributed by atoms with E-state index in [2.05, 4.69) is 210 Å². The van der Waals surface area contributed by atoms with Crippen molar-refractivity contribution in [3.8, 4) is 0 Å². The van der Waals surface area contributed by atoms with Gasteiger partial charge in [0.1, 0.15) is 19.3 Å². The van der Waals surface area contributed by atoms with Gasteiger partial charge in [-0.05, 0) is 173 Å². The third-order valence-corrected chi connectivity index (χ3v) is 18.3. The molecule has 17 nitrogen and oxygen atoms in total. The predicted octanol–water partition coefficient (Wildman–Crippen LogP) is 24.3. The summed E-state index contributed by atoms with van der Waals surface area (Å²) in [5.74, 6) is -2.28. The van der Waals surface area contributed by atoms with Crippen molar-refractivity contribution in [2.24, 2.45) is 0 Å². The van der Waals surface area contributed by atoms with Crippen LogP contribution in [0.25, 0.3) is 0 Å². The summed E-state index contributed by atoms with van der Waals surface area (Å²) in [6.07, 6.45) is 95.7. The largest absolute Gasteiger partial charge is 0.472 e. The maximum atomic E-state index is 13.1. The number of unbranched alkanes of at least 4 members (excludes halogenated alkanes) is 19. The van der Waals surface area contributed by atoms with Gasteiger partial charge < -0.3 is 33.8 Å². The fourth-order valence-electron chi connectivity index (χ4n) is 10.3. The van der Waals surface area contributed by atoms with Crippen LogP contribution >= 0.6 is 15.6 Å². The van der Waals surface area contributed by atoms with Crippen molar-refractivity contribution in [1.29, 1.82) is 0 Å². The summed E-state index contributed by atoms with van der Waals surface area (Å²) in [5, 5.41) is 10.7. The normalized spacial score (nSPS) is 14.8. The maximum absolute atomic E-state index is 13.1. The number of hydrogen-bond donors (Lipinski definition) is 3. The van der Waals surface area contributed by atoms with Gasteiger partial charge in [-0.1, -0.05) is 281 Å². The van der Waals surface area contributed by atoms with E-state index in [9.17, 15) is 43.2 Å². The van der Waals surface area contributed by atoms with E-state index in [4.69, 9.17) is 37.0 Å². The summed E-state index contributed by atoms with van der Waals surface area (Å²) in [6.45, 7) is 4.32. The number of phosphoric acid groups is 2. The number of aliphatic hydroxyl groups excluding tert-OH is 1. The second-order valence-corrected chi connectivity index (χ2v) is 29.4. The quantitative estimate of drug-likeness (QED) is 0.0169. The van der Waals surface area contributed by atoms with Crippen LogP contribution in [0.2, 0.25) is 0 Å². The summed E-state index contributed by atoms with van der Waals surface area (Å²) in [5.41, 5.74) is 0. The molecule has 0 aromatic heterocycles. The van der Waals surface area contributed by atoms with Crippen molar-refractivity contribution < 1.29 is 80.2 Å². The van der Waals surface area contributed by atoms with Gasteiger partial charge >= 0.3 is 39.5 Å². The fourth-order valence-corrected chi connectivity index (χ4v) is 11.8. The minimum atomic E-state index is -5.01. The molecule has 0 radical (unpaired) electrons. The molecule has 0 bridgehead atoms. The van der Waals surface area contributed by atoms with E-state index in [-0.39, 0.29) is 25.7 Å². The zero-order chi connectivity index (χ0) is 78.9. The van der Waals surface area contributed by atoms with Crippen molar-refractivity contribution >= 4 is 39.5 Å². The molecule has 0 aliphatic heterocycles. The minimum Gasteiger partial charge on any atom is -0.462 e. The van der Waals surface area contributed by atoms with Crippen molar-refractivity contribution in [2.75, 3.05) is 39.6 Å². The molecule has 0 aromatic carbocycles. The van der Waals surface area contributed by atoms with E-state index in [0.717, 1.165) is 218 Å². The SMILES string of the molecule is CC/C=C\C/C=C\C/C=C\C/C=C\C/C=C\CCCCCC(=O)OCC(COP(=O)(O)OCC(O)COP(=O)(O)OCC(COC(=O)CCCCCCCCC/C=C\C/C=C\C/C=C\CC)OC(=O)CCCCCCC/C=C\C/C=C\C/C=C\CC)OC(=O)CCCCCC/C=C\C/C=C\C/C=C\C/C=C\CC. The number of allylic oxidation sites excluding steroid dienone is 30. The van der Waals surface area contributed by atoms with Gasteiger partial charge in [-0.2, -0.15) is 0 Å². The standard InChI is InChI=1S/C89H144O17P2/c1-5-9-13-17-21-25-29-33-37-40-41-44-47-50-54-58-62-66-70-74-87(92)100-80-85(106-89(94)76-72-68-64-60-56-52-48-43-39-35-31-27-23-19-15-11-7-3)82-104-108(97,98)102-78-83(90)77-101-107(95,96)103-81-84(105-88(93)75-71-67-63-59-55-51-45-36-32-28-24-20-16-12-8-4)79-99-86(91)73-69-65-61-57-53-49-46-42-38-34-30-26-22-18-14-10-6-2/h9-16,21-28,33-39,41,44-45,48,50,52,54,83-85,90H,5-8,17-20,29-32,40,42-43,46-47,49,51,53,55-82H2,1-4H3,(H,95,96)(H,97,98)/b13-9-,14-10-,15-11-,16-12-,25-21-,26-22-,27-23-,28-24-,37-33-,38-34-,39-35-,44-41-,45-36-,52-48-,54-50-. The highest BCUT2D eigenvalue weighted by Gasteiger charge is 2.30. The first-order chi connectivity index (χ1) is 52.7. The first kappa shape index (κ1) is 102. The molecule has 0 fully saturated rings. The molecule has 5 atom stereocenters. The number of esters is 4. The Morgan fingerprint density at radius 1 is 0.259 bits per heavy atom. The van der Waals surface area contributed by atoms with Gasteiger partial charge in [-0.15, -0.1) is 0 Å². The first-order valence-electron chi connectivity index (χ1n) is 41.0. The summed E-state index contributed by atoms with van der Waals surface area (Å²) >= 11 is 0. The molecule has 0 saturated heterocycles. The molecule has 0 aliphatic carbocycles. The summed E-state index contributed by atoms with van der Waals surface area (Å²) in [4.78, 5) is 73.2. The number of hydrogen-bond acceptors (Lipinski definition) is 15. The zero-order valence-electron chi connectivity index (χ0n) is 66.9. The van der Waals surface area contributed by atoms with E-state index in [1.54, 1.807) is 0 Å². The lowest BCUT2D eigenvalue weighted by Gasteiger charge is -2.21. The Hall–Kier alpha value is -5.84. The molecular weight excluding hydrogens is 1400 g/mol. The van der Waals surface area contributed by atoms with Gasteiger partial charge in [0, 0.05) is 25.7 Å². The minimum absolute atomic E-state index is 0.0518. The number of rotatable bonds is 75. The van der Waals surface area contributed by atoms with Crippen LogP contribution in [0.4, 0.5) is 0 Å². The predicted molar refractivity (Wildman–Crippen MR) is 445 cm³/mol. The van der Waals surface area contributed by atoms with Gasteiger partial charge in [0.2, 0.25) is 0 Å².